The Hall–Kier alpha value is -1.24. The largest absolute Gasteiger partial charge is 0.489 e. The van der Waals surface area contributed by atoms with Gasteiger partial charge in [-0.1, -0.05) is 24.6 Å². The molecular formula is C12H14ClNO2. The monoisotopic (exact) mass is 239 g/mol. The summed E-state index contributed by atoms with van der Waals surface area (Å²) in [6.45, 7) is 3.69. The highest BCUT2D eigenvalue weighted by Crippen LogP contribution is 2.26. The van der Waals surface area contributed by atoms with Gasteiger partial charge in [0, 0.05) is 0 Å². The first kappa shape index (κ1) is 12.8. The summed E-state index contributed by atoms with van der Waals surface area (Å²) in [5.41, 5.74) is -0.592. The number of ether oxygens (including phenoxy) is 1. The van der Waals surface area contributed by atoms with Gasteiger partial charge in [-0.25, -0.2) is 0 Å². The van der Waals surface area contributed by atoms with Gasteiger partial charge < -0.3 is 9.84 Å². The Balaban J connectivity index is 2.83. The maximum atomic E-state index is 9.78. The summed E-state index contributed by atoms with van der Waals surface area (Å²) in [5.74, 6) is 0.406. The summed E-state index contributed by atoms with van der Waals surface area (Å²) in [5, 5.41) is 19.0. The molecule has 0 saturated heterocycles. The summed E-state index contributed by atoms with van der Waals surface area (Å²) in [6.07, 6.45) is 0.579. The molecule has 4 heteroatoms. The van der Waals surface area contributed by atoms with Crippen LogP contribution in [0.2, 0.25) is 5.02 Å². The zero-order valence-corrected chi connectivity index (χ0v) is 10.1. The first-order chi connectivity index (χ1) is 7.50. The predicted octanol–water partition coefficient (Wildman–Crippen LogP) is 2.75. The van der Waals surface area contributed by atoms with Crippen LogP contribution in [0.5, 0.6) is 5.75 Å². The Bertz CT molecular complexity index is 410. The molecule has 0 spiro atoms. The fourth-order valence-corrected chi connectivity index (χ4v) is 1.28. The number of halogens is 1. The molecular weight excluding hydrogens is 226 g/mol. The van der Waals surface area contributed by atoms with Crippen LogP contribution in [0.3, 0.4) is 0 Å². The fourth-order valence-electron chi connectivity index (χ4n) is 1.07. The van der Waals surface area contributed by atoms with Gasteiger partial charge in [-0.3, -0.25) is 0 Å². The van der Waals surface area contributed by atoms with Gasteiger partial charge in [0.2, 0.25) is 0 Å². The third kappa shape index (κ3) is 3.13. The van der Waals surface area contributed by atoms with Crippen molar-refractivity contribution in [2.24, 2.45) is 0 Å². The van der Waals surface area contributed by atoms with Crippen LogP contribution in [0, 0.1) is 11.3 Å². The molecule has 0 radical (unpaired) electrons. The number of benzene rings is 1. The molecule has 0 aromatic heterocycles. The van der Waals surface area contributed by atoms with E-state index in [1.54, 1.807) is 25.1 Å². The second-order valence-electron chi connectivity index (χ2n) is 3.86. The van der Waals surface area contributed by atoms with E-state index in [1.165, 1.54) is 0 Å². The molecule has 1 aromatic rings. The van der Waals surface area contributed by atoms with Crippen LogP contribution < -0.4 is 4.74 Å². The summed E-state index contributed by atoms with van der Waals surface area (Å²) in [6, 6.07) is 6.98. The van der Waals surface area contributed by atoms with Crippen molar-refractivity contribution < 1.29 is 9.84 Å². The SMILES string of the molecule is CCC(C)(O)COc1cccc(Cl)c1C#N. The number of aliphatic hydroxyl groups is 1. The molecule has 1 atom stereocenters. The van der Waals surface area contributed by atoms with E-state index >= 15 is 0 Å². The van der Waals surface area contributed by atoms with E-state index in [0.29, 0.717) is 22.8 Å². The van der Waals surface area contributed by atoms with Gasteiger partial charge in [0.1, 0.15) is 24.0 Å². The third-order valence-corrected chi connectivity index (χ3v) is 2.70. The van der Waals surface area contributed by atoms with Crippen molar-refractivity contribution in [1.82, 2.24) is 0 Å². The van der Waals surface area contributed by atoms with Gasteiger partial charge in [-0.15, -0.1) is 0 Å². The smallest absolute Gasteiger partial charge is 0.138 e. The second-order valence-corrected chi connectivity index (χ2v) is 4.27. The van der Waals surface area contributed by atoms with E-state index in [0.717, 1.165) is 0 Å². The van der Waals surface area contributed by atoms with Gasteiger partial charge in [0.25, 0.3) is 0 Å². The first-order valence-corrected chi connectivity index (χ1v) is 5.42. The molecule has 1 rings (SSSR count). The molecule has 0 aliphatic heterocycles. The summed E-state index contributed by atoms with van der Waals surface area (Å²) in [7, 11) is 0. The van der Waals surface area contributed by atoms with E-state index in [4.69, 9.17) is 21.6 Å². The molecule has 16 heavy (non-hydrogen) atoms. The standard InChI is InChI=1S/C12H14ClNO2/c1-3-12(2,15)8-16-11-6-4-5-10(13)9(11)7-14/h4-6,15H,3,8H2,1-2H3. The number of rotatable bonds is 4. The molecule has 0 aliphatic rings. The summed E-state index contributed by atoms with van der Waals surface area (Å²) >= 11 is 5.85. The van der Waals surface area contributed by atoms with Gasteiger partial charge in [-0.2, -0.15) is 5.26 Å². The number of nitriles is 1. The van der Waals surface area contributed by atoms with Crippen molar-refractivity contribution in [3.63, 3.8) is 0 Å². The highest BCUT2D eigenvalue weighted by atomic mass is 35.5. The average Bonchev–Trinajstić information content (AvgIpc) is 2.26. The van der Waals surface area contributed by atoms with Crippen molar-refractivity contribution >= 4 is 11.6 Å². The molecule has 0 saturated carbocycles. The van der Waals surface area contributed by atoms with Crippen molar-refractivity contribution in [3.05, 3.63) is 28.8 Å². The van der Waals surface area contributed by atoms with Crippen LogP contribution in [0.1, 0.15) is 25.8 Å². The minimum absolute atomic E-state index is 0.137. The molecule has 3 nitrogen and oxygen atoms in total. The minimum Gasteiger partial charge on any atom is -0.489 e. The lowest BCUT2D eigenvalue weighted by Crippen LogP contribution is -2.31. The highest BCUT2D eigenvalue weighted by molar-refractivity contribution is 6.31. The highest BCUT2D eigenvalue weighted by Gasteiger charge is 2.19. The van der Waals surface area contributed by atoms with Crippen molar-refractivity contribution in [1.29, 1.82) is 5.26 Å². The Morgan fingerprint density at radius 2 is 2.25 bits per heavy atom. The maximum absolute atomic E-state index is 9.78. The molecule has 0 heterocycles. The van der Waals surface area contributed by atoms with Gasteiger partial charge >= 0.3 is 0 Å². The van der Waals surface area contributed by atoms with E-state index in [9.17, 15) is 5.11 Å². The number of hydrogen-bond acceptors (Lipinski definition) is 3. The van der Waals surface area contributed by atoms with Gasteiger partial charge in [0.05, 0.1) is 10.6 Å². The molecule has 0 aliphatic carbocycles. The second kappa shape index (κ2) is 5.20. The van der Waals surface area contributed by atoms with Crippen LogP contribution >= 0.6 is 11.6 Å². The molecule has 0 amide bonds. The Morgan fingerprint density at radius 1 is 1.56 bits per heavy atom. The lowest BCUT2D eigenvalue weighted by molar-refractivity contribution is 0.00839. The zero-order valence-electron chi connectivity index (χ0n) is 9.33. The summed E-state index contributed by atoms with van der Waals surface area (Å²) < 4.78 is 5.41. The van der Waals surface area contributed by atoms with Crippen molar-refractivity contribution in [2.75, 3.05) is 6.61 Å². The lowest BCUT2D eigenvalue weighted by atomic mass is 10.1. The number of hydrogen-bond donors (Lipinski definition) is 1. The molecule has 0 fully saturated rings. The van der Waals surface area contributed by atoms with Crippen LogP contribution in [0.25, 0.3) is 0 Å². The third-order valence-electron chi connectivity index (χ3n) is 2.39. The predicted molar refractivity (Wildman–Crippen MR) is 62.6 cm³/mol. The van der Waals surface area contributed by atoms with Crippen LogP contribution in [-0.2, 0) is 0 Å². The zero-order chi connectivity index (χ0) is 12.2. The normalized spacial score (nSPS) is 13.9. The lowest BCUT2D eigenvalue weighted by Gasteiger charge is -2.21. The van der Waals surface area contributed by atoms with Crippen LogP contribution in [0.15, 0.2) is 18.2 Å². The van der Waals surface area contributed by atoms with Gasteiger partial charge in [-0.05, 0) is 25.5 Å². The van der Waals surface area contributed by atoms with Gasteiger partial charge in [0.15, 0.2) is 0 Å². The van der Waals surface area contributed by atoms with Crippen molar-refractivity contribution in [3.8, 4) is 11.8 Å². The topological polar surface area (TPSA) is 53.2 Å². The average molecular weight is 240 g/mol. The summed E-state index contributed by atoms with van der Waals surface area (Å²) in [4.78, 5) is 0. The molecule has 0 bridgehead atoms. The molecule has 1 unspecified atom stereocenters. The maximum Gasteiger partial charge on any atom is 0.138 e. The van der Waals surface area contributed by atoms with Crippen LogP contribution in [-0.4, -0.2) is 17.3 Å². The van der Waals surface area contributed by atoms with Crippen molar-refractivity contribution in [2.45, 2.75) is 25.9 Å². The van der Waals surface area contributed by atoms with E-state index < -0.39 is 5.60 Å². The Kier molecular flexibility index (Phi) is 4.17. The minimum atomic E-state index is -0.894. The van der Waals surface area contributed by atoms with E-state index in [2.05, 4.69) is 0 Å². The van der Waals surface area contributed by atoms with Crippen LogP contribution in [0.4, 0.5) is 0 Å². The Labute approximate surface area is 100 Å². The molecule has 1 N–H and O–H groups in total. The quantitative estimate of drug-likeness (QED) is 0.879. The fraction of sp³-hybridized carbons (Fsp3) is 0.417. The Morgan fingerprint density at radius 3 is 2.81 bits per heavy atom. The molecule has 1 aromatic carbocycles. The van der Waals surface area contributed by atoms with E-state index in [1.807, 2.05) is 13.0 Å². The number of nitrogens with zero attached hydrogens (tertiary/aromatic N) is 1. The molecule has 86 valence electrons. The first-order valence-electron chi connectivity index (χ1n) is 5.04. The van der Waals surface area contributed by atoms with E-state index in [-0.39, 0.29) is 6.61 Å².